The first-order chi connectivity index (χ1) is 12.2. The molecule has 134 valence electrons. The second-order valence-corrected chi connectivity index (χ2v) is 5.94. The van der Waals surface area contributed by atoms with Crippen molar-refractivity contribution in [1.29, 1.82) is 0 Å². The largest absolute Gasteiger partial charge is 0.489 e. The van der Waals surface area contributed by atoms with Crippen molar-refractivity contribution < 1.29 is 13.9 Å². The Morgan fingerprint density at radius 3 is 2.56 bits per heavy atom. The molecule has 4 nitrogen and oxygen atoms in total. The average molecular weight is 344 g/mol. The number of amides is 1. The van der Waals surface area contributed by atoms with Crippen molar-refractivity contribution >= 4 is 11.6 Å². The molecule has 2 aromatic rings. The number of halogens is 1. The summed E-state index contributed by atoms with van der Waals surface area (Å²) in [6.45, 7) is 1.05. The summed E-state index contributed by atoms with van der Waals surface area (Å²) in [5, 5.41) is 2.89. The van der Waals surface area contributed by atoms with E-state index < -0.39 is 0 Å². The zero-order valence-electron chi connectivity index (χ0n) is 14.3. The molecule has 5 heteroatoms. The van der Waals surface area contributed by atoms with Crippen molar-refractivity contribution in [2.24, 2.45) is 5.73 Å². The van der Waals surface area contributed by atoms with E-state index in [1.54, 1.807) is 18.2 Å². The Bertz CT molecular complexity index is 659. The van der Waals surface area contributed by atoms with Crippen LogP contribution in [0.5, 0.6) is 5.75 Å². The van der Waals surface area contributed by atoms with Crippen molar-refractivity contribution in [1.82, 2.24) is 0 Å². The Morgan fingerprint density at radius 2 is 1.80 bits per heavy atom. The molecule has 0 aromatic heterocycles. The van der Waals surface area contributed by atoms with Gasteiger partial charge in [-0.1, -0.05) is 31.0 Å². The highest BCUT2D eigenvalue weighted by molar-refractivity contribution is 5.90. The first kappa shape index (κ1) is 18.9. The zero-order valence-corrected chi connectivity index (χ0v) is 14.3. The maximum atomic E-state index is 12.9. The molecule has 0 aliphatic carbocycles. The number of nitrogens with one attached hydrogen (secondary N) is 1. The van der Waals surface area contributed by atoms with E-state index in [0.717, 1.165) is 31.2 Å². The van der Waals surface area contributed by atoms with Gasteiger partial charge in [0.25, 0.3) is 0 Å². The molecular weight excluding hydrogens is 319 g/mol. The van der Waals surface area contributed by atoms with Crippen LogP contribution in [0.15, 0.2) is 48.5 Å². The van der Waals surface area contributed by atoms with Gasteiger partial charge < -0.3 is 15.8 Å². The van der Waals surface area contributed by atoms with Gasteiger partial charge in [0, 0.05) is 18.2 Å². The fourth-order valence-corrected chi connectivity index (χ4v) is 2.42. The van der Waals surface area contributed by atoms with Crippen LogP contribution in [0.2, 0.25) is 0 Å². The van der Waals surface area contributed by atoms with Gasteiger partial charge in [-0.3, -0.25) is 4.79 Å². The molecule has 0 saturated heterocycles. The summed E-state index contributed by atoms with van der Waals surface area (Å²) in [5.74, 6) is 0.394. The van der Waals surface area contributed by atoms with E-state index in [1.165, 1.54) is 12.1 Å². The zero-order chi connectivity index (χ0) is 17.9. The summed E-state index contributed by atoms with van der Waals surface area (Å²) < 4.78 is 18.6. The monoisotopic (exact) mass is 344 g/mol. The fraction of sp³-hybridized carbons (Fsp3) is 0.350. The van der Waals surface area contributed by atoms with E-state index in [0.29, 0.717) is 31.0 Å². The molecule has 0 spiro atoms. The van der Waals surface area contributed by atoms with Gasteiger partial charge in [0.15, 0.2) is 0 Å². The van der Waals surface area contributed by atoms with Gasteiger partial charge in [0.1, 0.15) is 18.2 Å². The molecule has 0 radical (unpaired) electrons. The second kappa shape index (κ2) is 10.5. The summed E-state index contributed by atoms with van der Waals surface area (Å²) in [6, 6.07) is 13.5. The Labute approximate surface area is 148 Å². The van der Waals surface area contributed by atoms with Crippen LogP contribution < -0.4 is 15.8 Å². The van der Waals surface area contributed by atoms with Crippen molar-refractivity contribution in [2.75, 3.05) is 11.9 Å². The molecule has 2 rings (SSSR count). The summed E-state index contributed by atoms with van der Waals surface area (Å²) >= 11 is 0. The van der Waals surface area contributed by atoms with Gasteiger partial charge in [-0.2, -0.15) is 0 Å². The standard InChI is InChI=1S/C20H25FN2O2/c21-17-11-9-16(10-12-17)15-25-19-7-5-6-18(14-19)23-20(24)8-3-1-2-4-13-22/h5-7,9-12,14H,1-4,8,13,15,22H2,(H,23,24). The van der Waals surface area contributed by atoms with Crippen LogP contribution in [0.4, 0.5) is 10.1 Å². The highest BCUT2D eigenvalue weighted by Gasteiger charge is 2.04. The molecule has 1 amide bonds. The van der Waals surface area contributed by atoms with E-state index >= 15 is 0 Å². The summed E-state index contributed by atoms with van der Waals surface area (Å²) in [7, 11) is 0. The van der Waals surface area contributed by atoms with Crippen LogP contribution in [0, 0.1) is 5.82 Å². The third-order valence-corrected chi connectivity index (χ3v) is 3.79. The Balaban J connectivity index is 1.78. The smallest absolute Gasteiger partial charge is 0.224 e. The van der Waals surface area contributed by atoms with Gasteiger partial charge in [-0.15, -0.1) is 0 Å². The summed E-state index contributed by atoms with van der Waals surface area (Å²) in [6.07, 6.45) is 4.47. The molecule has 25 heavy (non-hydrogen) atoms. The molecule has 0 aliphatic heterocycles. The number of anilines is 1. The van der Waals surface area contributed by atoms with Gasteiger partial charge in [-0.25, -0.2) is 4.39 Å². The molecule has 2 aromatic carbocycles. The van der Waals surface area contributed by atoms with Crippen LogP contribution >= 0.6 is 0 Å². The predicted molar refractivity (Wildman–Crippen MR) is 97.9 cm³/mol. The normalized spacial score (nSPS) is 10.5. The molecule has 0 aliphatic rings. The molecule has 0 bridgehead atoms. The number of unbranched alkanes of at least 4 members (excludes halogenated alkanes) is 3. The predicted octanol–water partition coefficient (Wildman–Crippen LogP) is 4.25. The van der Waals surface area contributed by atoms with Crippen LogP contribution in [-0.2, 0) is 11.4 Å². The minimum Gasteiger partial charge on any atom is -0.489 e. The van der Waals surface area contributed by atoms with Crippen LogP contribution in [0.3, 0.4) is 0 Å². The summed E-state index contributed by atoms with van der Waals surface area (Å²) in [5.41, 5.74) is 7.04. The first-order valence-corrected chi connectivity index (χ1v) is 8.64. The number of hydrogen-bond acceptors (Lipinski definition) is 3. The fourth-order valence-electron chi connectivity index (χ4n) is 2.42. The molecule has 0 fully saturated rings. The number of rotatable bonds is 10. The van der Waals surface area contributed by atoms with E-state index in [2.05, 4.69) is 5.32 Å². The molecule has 3 N–H and O–H groups in total. The van der Waals surface area contributed by atoms with Crippen molar-refractivity contribution in [3.8, 4) is 5.75 Å². The number of hydrogen-bond donors (Lipinski definition) is 2. The Morgan fingerprint density at radius 1 is 1.04 bits per heavy atom. The lowest BCUT2D eigenvalue weighted by Gasteiger charge is -2.09. The summed E-state index contributed by atoms with van der Waals surface area (Å²) in [4.78, 5) is 12.0. The molecule has 0 heterocycles. The lowest BCUT2D eigenvalue weighted by molar-refractivity contribution is -0.116. The average Bonchev–Trinajstić information content (AvgIpc) is 2.61. The topological polar surface area (TPSA) is 64.4 Å². The number of carbonyl (C=O) groups excluding carboxylic acids is 1. The van der Waals surface area contributed by atoms with E-state index in [1.807, 2.05) is 18.2 Å². The molecular formula is C20H25FN2O2. The highest BCUT2D eigenvalue weighted by Crippen LogP contribution is 2.19. The van der Waals surface area contributed by atoms with E-state index in [4.69, 9.17) is 10.5 Å². The minimum atomic E-state index is -0.267. The second-order valence-electron chi connectivity index (χ2n) is 5.94. The van der Waals surface area contributed by atoms with Crippen molar-refractivity contribution in [3.05, 3.63) is 59.9 Å². The lowest BCUT2D eigenvalue weighted by atomic mass is 10.1. The van der Waals surface area contributed by atoms with Gasteiger partial charge in [0.05, 0.1) is 0 Å². The Kier molecular flexibility index (Phi) is 7.92. The quantitative estimate of drug-likeness (QED) is 0.633. The highest BCUT2D eigenvalue weighted by atomic mass is 19.1. The molecule has 0 unspecified atom stereocenters. The number of ether oxygens (including phenoxy) is 1. The number of nitrogens with two attached hydrogens (primary N) is 1. The van der Waals surface area contributed by atoms with E-state index in [-0.39, 0.29) is 11.7 Å². The van der Waals surface area contributed by atoms with Crippen LogP contribution in [-0.4, -0.2) is 12.5 Å². The third kappa shape index (κ3) is 7.35. The van der Waals surface area contributed by atoms with Crippen molar-refractivity contribution in [3.63, 3.8) is 0 Å². The minimum absolute atomic E-state index is 0.00318. The molecule has 0 atom stereocenters. The van der Waals surface area contributed by atoms with Crippen LogP contribution in [0.25, 0.3) is 0 Å². The molecule has 0 saturated carbocycles. The lowest BCUT2D eigenvalue weighted by Crippen LogP contribution is -2.11. The van der Waals surface area contributed by atoms with Crippen molar-refractivity contribution in [2.45, 2.75) is 38.7 Å². The first-order valence-electron chi connectivity index (χ1n) is 8.64. The number of carbonyl (C=O) groups is 1. The maximum absolute atomic E-state index is 12.9. The van der Waals surface area contributed by atoms with Crippen LogP contribution in [0.1, 0.15) is 37.7 Å². The SMILES string of the molecule is NCCCCCCC(=O)Nc1cccc(OCc2ccc(F)cc2)c1. The van der Waals surface area contributed by atoms with E-state index in [9.17, 15) is 9.18 Å². The Hall–Kier alpha value is -2.40. The van der Waals surface area contributed by atoms with Gasteiger partial charge >= 0.3 is 0 Å². The third-order valence-electron chi connectivity index (χ3n) is 3.79. The van der Waals surface area contributed by atoms with Gasteiger partial charge in [-0.05, 0) is 49.2 Å². The van der Waals surface area contributed by atoms with Gasteiger partial charge in [0.2, 0.25) is 5.91 Å². The number of benzene rings is 2. The maximum Gasteiger partial charge on any atom is 0.224 e.